The molecule has 1 heterocycles. The first-order chi connectivity index (χ1) is 32.3. The number of rotatable bonds is 9. The lowest BCUT2D eigenvalue weighted by molar-refractivity contribution is -0.659. The van der Waals surface area contributed by atoms with E-state index in [1.807, 2.05) is 73.0 Å². The van der Waals surface area contributed by atoms with Crippen LogP contribution in [-0.4, -0.2) is 17.7 Å². The molecule has 0 aliphatic heterocycles. The highest BCUT2D eigenvalue weighted by molar-refractivity contribution is 7.20. The maximum Gasteiger partial charge on any atom is 0.249 e. The van der Waals surface area contributed by atoms with Crippen molar-refractivity contribution in [3.05, 3.63) is 194 Å². The number of hydrogen-bond donors (Lipinski definition) is 0. The van der Waals surface area contributed by atoms with Crippen LogP contribution >= 0.6 is 0 Å². The first-order valence-corrected chi connectivity index (χ1v) is 19.1. The van der Waals surface area contributed by atoms with Gasteiger partial charge >= 0.3 is 0 Å². The second kappa shape index (κ2) is 19.0. The van der Waals surface area contributed by atoms with Crippen molar-refractivity contribution in [3.8, 4) is 0 Å². The third kappa shape index (κ3) is 8.11. The van der Waals surface area contributed by atoms with Gasteiger partial charge in [0, 0.05) is 29.0 Å². The number of Topliss-reactive ketones (excluding diaryl/α,β-unsaturated/α-hetero) is 2. The lowest BCUT2D eigenvalue weighted by Crippen LogP contribution is -2.81. The molecule has 0 saturated heterocycles. The summed E-state index contributed by atoms with van der Waals surface area (Å²) in [4.78, 5) is 25.3. The summed E-state index contributed by atoms with van der Waals surface area (Å²) in [5.74, 6) is -71.5. The Morgan fingerprint density at radius 2 is 0.681 bits per heavy atom. The van der Waals surface area contributed by atoms with E-state index >= 15 is 35.1 Å². The van der Waals surface area contributed by atoms with Crippen LogP contribution in [0.25, 0.3) is 10.9 Å². The van der Waals surface area contributed by atoms with Crippen LogP contribution in [0.2, 0.25) is 0 Å². The molecule has 0 saturated carbocycles. The molecule has 69 heavy (non-hydrogen) atoms. The largest absolute Gasteiger partial charge is 0.287 e. The molecule has 0 aliphatic rings. The molecule has 7 aromatic rings. The number of nitrogens with zero attached hydrogens (tertiary/aromatic N) is 1. The summed E-state index contributed by atoms with van der Waals surface area (Å²) >= 11 is 0. The first-order valence-electron chi connectivity index (χ1n) is 19.1. The normalized spacial score (nSPS) is 11.6. The van der Waals surface area contributed by atoms with Gasteiger partial charge in [-0.3, -0.25) is 9.59 Å². The van der Waals surface area contributed by atoms with E-state index in [0.29, 0.717) is 11.3 Å². The molecule has 0 bridgehead atoms. The van der Waals surface area contributed by atoms with Crippen LogP contribution in [0.5, 0.6) is 0 Å². The van der Waals surface area contributed by atoms with Gasteiger partial charge in [0.15, 0.2) is 69.8 Å². The highest BCUT2D eigenvalue weighted by atomic mass is 19.2. The molecule has 0 radical (unpaired) electrons. The van der Waals surface area contributed by atoms with Gasteiger partial charge in [0.2, 0.25) is 29.3 Å². The molecule has 7 rings (SSSR count). The Morgan fingerprint density at radius 3 is 1.00 bits per heavy atom. The first kappa shape index (κ1) is 51.1. The molecule has 0 aliphatic carbocycles. The quantitative estimate of drug-likeness (QED) is 0.0361. The summed E-state index contributed by atoms with van der Waals surface area (Å²) in [7, 11) is 0. The van der Waals surface area contributed by atoms with E-state index in [4.69, 9.17) is 0 Å². The number of carbonyl (C=O) groups is 2. The number of hydrogen-bond acceptors (Lipinski definition) is 2. The number of pyridine rings is 1. The Morgan fingerprint density at radius 1 is 0.391 bits per heavy atom. The predicted molar refractivity (Wildman–Crippen MR) is 203 cm³/mol. The van der Waals surface area contributed by atoms with Gasteiger partial charge in [-0.15, -0.1) is 21.9 Å². The van der Waals surface area contributed by atoms with Gasteiger partial charge in [-0.2, -0.15) is 4.57 Å². The fourth-order valence-electron chi connectivity index (χ4n) is 7.68. The fourth-order valence-corrected chi connectivity index (χ4v) is 7.68. The smallest absolute Gasteiger partial charge is 0.249 e. The summed E-state index contributed by atoms with van der Waals surface area (Å²) in [5, 5.41) is 1.01. The maximum atomic E-state index is 15.4. The van der Waals surface area contributed by atoms with E-state index in [0.717, 1.165) is 10.9 Å². The van der Waals surface area contributed by atoms with Crippen LogP contribution in [-0.2, 0) is 6.54 Å². The van der Waals surface area contributed by atoms with Crippen LogP contribution in [0.4, 0.5) is 87.8 Å². The Bertz CT molecular complexity index is 2890. The fraction of sp³-hybridized carbons (Fsp3) is 0.0889. The summed E-state index contributed by atoms with van der Waals surface area (Å²) < 4.78 is 296. The van der Waals surface area contributed by atoms with E-state index < -0.39 is 144 Å². The van der Waals surface area contributed by atoms with Gasteiger partial charge in [-0.05, 0) is 12.1 Å². The molecule has 1 aromatic heterocycles. The third-order valence-corrected chi connectivity index (χ3v) is 10.8. The van der Waals surface area contributed by atoms with Crippen molar-refractivity contribution < 1.29 is 102 Å². The third-order valence-electron chi connectivity index (χ3n) is 10.8. The van der Waals surface area contributed by atoms with Gasteiger partial charge in [0.25, 0.3) is 0 Å². The van der Waals surface area contributed by atoms with Crippen LogP contribution in [0.3, 0.4) is 0 Å². The topological polar surface area (TPSA) is 38.0 Å². The SMILES string of the molecule is CC(C)C(=O)c1ccc2ccccc2[n+]1CC(=O)c1ccccc1.Fc1c(F)c(F)c([B-](c2c(F)c(F)c(F)c(F)c2F)(c2c(F)c(F)c(F)c(F)c2F)c2c(F)c(F)c(F)c(F)c2F)c(F)c1F. The van der Waals surface area contributed by atoms with E-state index in [9.17, 15) is 62.3 Å². The van der Waals surface area contributed by atoms with Crippen molar-refractivity contribution in [2.45, 2.75) is 20.4 Å². The average molecular weight is 997 g/mol. The summed E-state index contributed by atoms with van der Waals surface area (Å²) in [5.41, 5.74) is -12.2. The van der Waals surface area contributed by atoms with Gasteiger partial charge in [0.05, 0.1) is 0 Å². The monoisotopic (exact) mass is 997 g/mol. The molecule has 6 aromatic carbocycles. The summed E-state index contributed by atoms with van der Waals surface area (Å²) in [6, 6.07) is 20.8. The number of para-hydroxylation sites is 1. The summed E-state index contributed by atoms with van der Waals surface area (Å²) in [6.07, 6.45) is -7.22. The van der Waals surface area contributed by atoms with E-state index in [1.165, 1.54) is 0 Å². The van der Waals surface area contributed by atoms with E-state index in [1.54, 1.807) is 12.1 Å². The molecule has 0 N–H and O–H groups in total. The lowest BCUT2D eigenvalue weighted by Gasteiger charge is -2.44. The highest BCUT2D eigenvalue weighted by Crippen LogP contribution is 2.31. The van der Waals surface area contributed by atoms with Crippen molar-refractivity contribution in [2.75, 3.05) is 0 Å². The Labute approximate surface area is 372 Å². The molecular formula is C45H20BF20NO2. The lowest BCUT2D eigenvalue weighted by atomic mass is 9.12. The van der Waals surface area contributed by atoms with Gasteiger partial charge in [0.1, 0.15) is 52.7 Å². The maximum absolute atomic E-state index is 15.4. The minimum absolute atomic E-state index is 0.00485. The van der Waals surface area contributed by atoms with Crippen molar-refractivity contribution >= 4 is 50.5 Å². The van der Waals surface area contributed by atoms with Gasteiger partial charge in [-0.1, -0.05) is 56.3 Å². The Balaban J connectivity index is 0.000000273. The second-order valence-corrected chi connectivity index (χ2v) is 15.0. The van der Waals surface area contributed by atoms with Crippen molar-refractivity contribution in [2.24, 2.45) is 5.92 Å². The van der Waals surface area contributed by atoms with Gasteiger partial charge in [-0.25, -0.2) is 87.8 Å². The standard InChI is InChI=1S/C24BF20.C21H20NO2/c26-5-1(6(27)14(35)21(42)13(5)34)25(2-7(28)15(36)22(43)16(37)8(2)29,3-9(30)17(38)23(44)18(39)10(3)31)4-11(32)19(40)24(45)20(41)12(4)33;1-15(2)21(24)19-13-12-16-8-6-7-11-18(16)22(19)14-20(23)17-9-4-3-5-10-17/h;3-13,15H,14H2,1-2H3/q-1;+1. The zero-order valence-corrected chi connectivity index (χ0v) is 34.0. The minimum Gasteiger partial charge on any atom is -0.287 e. The number of ketones is 2. The van der Waals surface area contributed by atoms with Crippen molar-refractivity contribution in [3.63, 3.8) is 0 Å². The molecule has 0 spiro atoms. The minimum atomic E-state index is -7.22. The van der Waals surface area contributed by atoms with Gasteiger partial charge < -0.3 is 0 Å². The Hall–Kier alpha value is -7.27. The van der Waals surface area contributed by atoms with E-state index in [-0.39, 0.29) is 24.0 Å². The number of benzene rings is 6. The molecular weight excluding hydrogens is 977 g/mol. The molecule has 0 amide bonds. The zero-order valence-electron chi connectivity index (χ0n) is 34.0. The molecule has 24 heteroatoms. The number of aromatic nitrogens is 1. The number of carbonyl (C=O) groups excluding carboxylic acids is 2. The molecule has 0 atom stereocenters. The second-order valence-electron chi connectivity index (χ2n) is 15.0. The van der Waals surface area contributed by atoms with Crippen LogP contribution in [0.1, 0.15) is 34.7 Å². The molecule has 0 unspecified atom stereocenters. The Kier molecular flexibility index (Phi) is 14.1. The van der Waals surface area contributed by atoms with Crippen molar-refractivity contribution in [1.82, 2.24) is 0 Å². The zero-order chi connectivity index (χ0) is 51.5. The predicted octanol–water partition coefficient (Wildman–Crippen LogP) is 9.69. The molecule has 3 nitrogen and oxygen atoms in total. The highest BCUT2D eigenvalue weighted by Gasteiger charge is 2.52. The van der Waals surface area contributed by atoms with Crippen LogP contribution in [0.15, 0.2) is 66.7 Å². The molecule has 360 valence electrons. The van der Waals surface area contributed by atoms with Crippen molar-refractivity contribution in [1.29, 1.82) is 0 Å². The van der Waals surface area contributed by atoms with Crippen LogP contribution < -0.4 is 26.4 Å². The molecule has 0 fully saturated rings. The van der Waals surface area contributed by atoms with E-state index in [2.05, 4.69) is 0 Å². The summed E-state index contributed by atoms with van der Waals surface area (Å²) in [6.45, 7) is 3.90. The van der Waals surface area contributed by atoms with Crippen LogP contribution in [0, 0.1) is 122 Å². The average Bonchev–Trinajstić information content (AvgIpc) is 3.34. The number of halogens is 20. The number of fused-ring (bicyclic) bond motifs is 1.